The van der Waals surface area contributed by atoms with Gasteiger partial charge in [0.25, 0.3) is 5.82 Å². The van der Waals surface area contributed by atoms with Gasteiger partial charge in [0.05, 0.1) is 0 Å². The lowest BCUT2D eigenvalue weighted by molar-refractivity contribution is -0.146. The van der Waals surface area contributed by atoms with Crippen molar-refractivity contribution in [1.82, 2.24) is 19.8 Å². The number of nitrogens with zero attached hydrogens (tertiary/aromatic N) is 5. The first-order valence-electron chi connectivity index (χ1n) is 8.92. The Hall–Kier alpha value is -2.88. The number of halogens is 4. The normalized spacial score (nSPS) is 15.7. The smallest absolute Gasteiger partial charge is 0.355 e. The second-order valence-electron chi connectivity index (χ2n) is 6.74. The van der Waals surface area contributed by atoms with Crippen LogP contribution in [-0.2, 0) is 11.0 Å². The van der Waals surface area contributed by atoms with Crippen LogP contribution in [0.3, 0.4) is 0 Å². The van der Waals surface area contributed by atoms with Crippen molar-refractivity contribution >= 4 is 34.7 Å². The fourth-order valence-corrected chi connectivity index (χ4v) is 3.50. The third kappa shape index (κ3) is 4.12. The number of fused-ring (bicyclic) bond motifs is 1. The van der Waals surface area contributed by atoms with E-state index in [1.807, 2.05) is 4.90 Å². The number of rotatable bonds is 3. The second-order valence-corrected chi connectivity index (χ2v) is 7.18. The Kier molecular flexibility index (Phi) is 5.03. The molecule has 0 aliphatic carbocycles. The maximum Gasteiger partial charge on any atom is 0.453 e. The SMILES string of the molecule is O=C(Nc1cccc(Cl)c1)C1CCN(c2ccc3nnc(C(F)(F)F)n3n2)CC1. The highest BCUT2D eigenvalue weighted by atomic mass is 35.5. The van der Waals surface area contributed by atoms with Gasteiger partial charge in [0.2, 0.25) is 5.91 Å². The molecule has 0 bridgehead atoms. The number of carbonyl (C=O) groups excluding carboxylic acids is 1. The van der Waals surface area contributed by atoms with Gasteiger partial charge in [-0.1, -0.05) is 17.7 Å². The van der Waals surface area contributed by atoms with Crippen LogP contribution in [0.5, 0.6) is 0 Å². The number of anilines is 2. The molecular weight excluding hydrogens is 409 g/mol. The predicted octanol–water partition coefficient (Wildman–Crippen LogP) is 3.65. The number of piperidine rings is 1. The zero-order valence-corrected chi connectivity index (χ0v) is 15.8. The number of nitrogens with one attached hydrogen (secondary N) is 1. The van der Waals surface area contributed by atoms with E-state index in [2.05, 4.69) is 20.6 Å². The number of carbonyl (C=O) groups is 1. The number of hydrogen-bond donors (Lipinski definition) is 1. The number of hydrogen-bond acceptors (Lipinski definition) is 5. The number of alkyl halides is 3. The molecular formula is C18H16ClF3N6O. The highest BCUT2D eigenvalue weighted by molar-refractivity contribution is 6.30. The lowest BCUT2D eigenvalue weighted by atomic mass is 9.96. The van der Waals surface area contributed by atoms with Crippen LogP contribution in [0.15, 0.2) is 36.4 Å². The lowest BCUT2D eigenvalue weighted by Crippen LogP contribution is -2.38. The summed E-state index contributed by atoms with van der Waals surface area (Å²) in [6.07, 6.45) is -3.53. The molecule has 1 aliphatic rings. The molecule has 0 saturated carbocycles. The molecule has 1 N–H and O–H groups in total. The Morgan fingerprint density at radius 1 is 1.14 bits per heavy atom. The van der Waals surface area contributed by atoms with Crippen LogP contribution in [-0.4, -0.2) is 38.8 Å². The average Bonchev–Trinajstić information content (AvgIpc) is 3.12. The van der Waals surface area contributed by atoms with Gasteiger partial charge < -0.3 is 10.2 Å². The number of aromatic nitrogens is 4. The molecule has 29 heavy (non-hydrogen) atoms. The van der Waals surface area contributed by atoms with Crippen LogP contribution in [0.25, 0.3) is 5.65 Å². The maximum absolute atomic E-state index is 13.0. The molecule has 1 saturated heterocycles. The molecule has 3 heterocycles. The topological polar surface area (TPSA) is 75.4 Å². The Morgan fingerprint density at radius 2 is 1.90 bits per heavy atom. The molecule has 2 aromatic heterocycles. The molecule has 0 radical (unpaired) electrons. The van der Waals surface area contributed by atoms with E-state index in [0.717, 1.165) is 0 Å². The molecule has 0 spiro atoms. The monoisotopic (exact) mass is 424 g/mol. The van der Waals surface area contributed by atoms with E-state index in [1.54, 1.807) is 30.3 Å². The van der Waals surface area contributed by atoms with E-state index in [-0.39, 0.29) is 17.5 Å². The highest BCUT2D eigenvalue weighted by Crippen LogP contribution is 2.29. The molecule has 11 heteroatoms. The third-order valence-corrected chi connectivity index (χ3v) is 5.02. The summed E-state index contributed by atoms with van der Waals surface area (Å²) in [7, 11) is 0. The minimum atomic E-state index is -4.64. The first kappa shape index (κ1) is 19.4. The molecule has 0 atom stereocenters. The summed E-state index contributed by atoms with van der Waals surface area (Å²) >= 11 is 5.93. The summed E-state index contributed by atoms with van der Waals surface area (Å²) < 4.78 is 39.8. The third-order valence-electron chi connectivity index (χ3n) is 4.78. The van der Waals surface area contributed by atoms with E-state index < -0.39 is 12.0 Å². The van der Waals surface area contributed by atoms with Crippen molar-refractivity contribution in [1.29, 1.82) is 0 Å². The first-order chi connectivity index (χ1) is 13.8. The lowest BCUT2D eigenvalue weighted by Gasteiger charge is -2.32. The van der Waals surface area contributed by atoms with Crippen molar-refractivity contribution in [2.45, 2.75) is 19.0 Å². The standard InChI is InChI=1S/C18H16ClF3N6O/c19-12-2-1-3-13(10-12)23-16(29)11-6-8-27(9-7-11)15-5-4-14-24-25-17(18(20,21)22)28(14)26-15/h1-5,10-11H,6-9H2,(H,23,29). The summed E-state index contributed by atoms with van der Waals surface area (Å²) in [6, 6.07) is 9.96. The Morgan fingerprint density at radius 3 is 2.59 bits per heavy atom. The fraction of sp³-hybridized carbons (Fsp3) is 0.333. The van der Waals surface area contributed by atoms with Crippen molar-refractivity contribution in [2.75, 3.05) is 23.3 Å². The van der Waals surface area contributed by atoms with Gasteiger partial charge in [0.15, 0.2) is 5.65 Å². The van der Waals surface area contributed by atoms with Crippen molar-refractivity contribution in [3.8, 4) is 0 Å². The van der Waals surface area contributed by atoms with Crippen LogP contribution in [0.1, 0.15) is 18.7 Å². The van der Waals surface area contributed by atoms with Crippen molar-refractivity contribution in [3.05, 3.63) is 47.2 Å². The quantitative estimate of drug-likeness (QED) is 0.694. The Balaban J connectivity index is 1.43. The fourth-order valence-electron chi connectivity index (χ4n) is 3.31. The zero-order valence-electron chi connectivity index (χ0n) is 15.0. The van der Waals surface area contributed by atoms with Gasteiger partial charge in [-0.05, 0) is 43.2 Å². The second kappa shape index (κ2) is 7.51. The molecule has 1 amide bonds. The van der Waals surface area contributed by atoms with Crippen molar-refractivity contribution < 1.29 is 18.0 Å². The predicted molar refractivity (Wildman–Crippen MR) is 101 cm³/mol. The van der Waals surface area contributed by atoms with Crippen LogP contribution in [0, 0.1) is 5.92 Å². The first-order valence-corrected chi connectivity index (χ1v) is 9.30. The number of benzene rings is 1. The Bertz CT molecular complexity index is 1050. The van der Waals surface area contributed by atoms with E-state index in [4.69, 9.17) is 11.6 Å². The average molecular weight is 425 g/mol. The molecule has 4 rings (SSSR count). The van der Waals surface area contributed by atoms with Gasteiger partial charge in [0, 0.05) is 29.7 Å². The van der Waals surface area contributed by atoms with Crippen molar-refractivity contribution in [3.63, 3.8) is 0 Å². The molecule has 1 aliphatic heterocycles. The van der Waals surface area contributed by atoms with Gasteiger partial charge in [-0.3, -0.25) is 4.79 Å². The Labute approximate surface area is 168 Å². The van der Waals surface area contributed by atoms with Gasteiger partial charge in [-0.15, -0.1) is 15.3 Å². The van der Waals surface area contributed by atoms with Gasteiger partial charge in [-0.25, -0.2) is 0 Å². The van der Waals surface area contributed by atoms with E-state index in [9.17, 15) is 18.0 Å². The minimum absolute atomic E-state index is 0.0249. The van der Waals surface area contributed by atoms with Crippen LogP contribution in [0.2, 0.25) is 5.02 Å². The van der Waals surface area contributed by atoms with Crippen LogP contribution >= 0.6 is 11.6 Å². The van der Waals surface area contributed by atoms with Crippen molar-refractivity contribution in [2.24, 2.45) is 5.92 Å². The highest BCUT2D eigenvalue weighted by Gasteiger charge is 2.38. The molecule has 0 unspecified atom stereocenters. The van der Waals surface area contributed by atoms with E-state index in [1.165, 1.54) is 6.07 Å². The van der Waals surface area contributed by atoms with E-state index in [0.29, 0.717) is 47.0 Å². The summed E-state index contributed by atoms with van der Waals surface area (Å²) in [5.74, 6) is -1.08. The maximum atomic E-state index is 13.0. The summed E-state index contributed by atoms with van der Waals surface area (Å²) in [4.78, 5) is 14.3. The zero-order chi connectivity index (χ0) is 20.6. The molecule has 7 nitrogen and oxygen atoms in total. The van der Waals surface area contributed by atoms with Crippen LogP contribution < -0.4 is 10.2 Å². The molecule has 1 aromatic carbocycles. The largest absolute Gasteiger partial charge is 0.453 e. The van der Waals surface area contributed by atoms with Gasteiger partial charge in [0.1, 0.15) is 5.82 Å². The number of amides is 1. The minimum Gasteiger partial charge on any atom is -0.355 e. The summed E-state index contributed by atoms with van der Waals surface area (Å²) in [5, 5.41) is 14.1. The van der Waals surface area contributed by atoms with Crippen LogP contribution in [0.4, 0.5) is 24.7 Å². The molecule has 152 valence electrons. The molecule has 3 aromatic rings. The molecule has 1 fully saturated rings. The van der Waals surface area contributed by atoms with E-state index >= 15 is 0 Å². The summed E-state index contributed by atoms with van der Waals surface area (Å²) in [6.45, 7) is 0.991. The summed E-state index contributed by atoms with van der Waals surface area (Å²) in [5.41, 5.74) is 0.654. The van der Waals surface area contributed by atoms with Gasteiger partial charge >= 0.3 is 6.18 Å². The van der Waals surface area contributed by atoms with Gasteiger partial charge in [-0.2, -0.15) is 17.7 Å².